The van der Waals surface area contributed by atoms with E-state index in [0.717, 1.165) is 33.9 Å². The highest BCUT2D eigenvalue weighted by Gasteiger charge is 2.02. The standard InChI is InChI=1S/C16H17BrClNS/c1-2-19-10-12-3-7-15(8-4-12)20-11-13-5-6-14(17)9-16(13)18/h3-9,19H,2,10-11H2,1H3. The van der Waals surface area contributed by atoms with Gasteiger partial charge in [-0.3, -0.25) is 0 Å². The van der Waals surface area contributed by atoms with Crippen LogP contribution in [0.1, 0.15) is 18.1 Å². The number of rotatable bonds is 6. The Morgan fingerprint density at radius 3 is 2.55 bits per heavy atom. The molecule has 1 N–H and O–H groups in total. The van der Waals surface area contributed by atoms with Gasteiger partial charge in [0, 0.05) is 26.7 Å². The Kier molecular flexibility index (Phi) is 6.43. The maximum Gasteiger partial charge on any atom is 0.0457 e. The third-order valence-corrected chi connectivity index (χ3v) is 4.82. The first-order chi connectivity index (χ1) is 9.69. The van der Waals surface area contributed by atoms with E-state index in [2.05, 4.69) is 58.5 Å². The van der Waals surface area contributed by atoms with Crippen molar-refractivity contribution in [2.24, 2.45) is 0 Å². The van der Waals surface area contributed by atoms with Gasteiger partial charge in [-0.1, -0.05) is 52.7 Å². The molecule has 0 aromatic heterocycles. The number of hydrogen-bond acceptors (Lipinski definition) is 2. The molecule has 0 fully saturated rings. The molecule has 0 aliphatic heterocycles. The predicted molar refractivity (Wildman–Crippen MR) is 92.5 cm³/mol. The van der Waals surface area contributed by atoms with Crippen molar-refractivity contribution in [2.45, 2.75) is 24.1 Å². The summed E-state index contributed by atoms with van der Waals surface area (Å²) >= 11 is 11.5. The third-order valence-electron chi connectivity index (χ3n) is 2.91. The van der Waals surface area contributed by atoms with Crippen LogP contribution in [-0.4, -0.2) is 6.54 Å². The van der Waals surface area contributed by atoms with E-state index in [1.807, 2.05) is 12.1 Å². The van der Waals surface area contributed by atoms with E-state index in [1.165, 1.54) is 10.5 Å². The fraction of sp³-hybridized carbons (Fsp3) is 0.250. The molecule has 0 spiro atoms. The maximum absolute atomic E-state index is 6.23. The summed E-state index contributed by atoms with van der Waals surface area (Å²) in [6, 6.07) is 14.7. The van der Waals surface area contributed by atoms with Crippen LogP contribution in [0.5, 0.6) is 0 Å². The van der Waals surface area contributed by atoms with Gasteiger partial charge in [0.15, 0.2) is 0 Å². The first kappa shape index (κ1) is 15.9. The van der Waals surface area contributed by atoms with Crippen molar-refractivity contribution in [3.05, 3.63) is 63.1 Å². The second-order valence-corrected chi connectivity index (χ2v) is 6.82. The molecule has 0 radical (unpaired) electrons. The second-order valence-electron chi connectivity index (χ2n) is 4.45. The normalized spacial score (nSPS) is 10.8. The Morgan fingerprint density at radius 2 is 1.90 bits per heavy atom. The van der Waals surface area contributed by atoms with Crippen LogP contribution < -0.4 is 5.32 Å². The Balaban J connectivity index is 1.93. The van der Waals surface area contributed by atoms with Crippen molar-refractivity contribution in [3.8, 4) is 0 Å². The van der Waals surface area contributed by atoms with Crippen LogP contribution in [-0.2, 0) is 12.3 Å². The zero-order valence-electron chi connectivity index (χ0n) is 11.3. The Hall–Kier alpha value is -0.480. The van der Waals surface area contributed by atoms with Crippen LogP contribution in [0.4, 0.5) is 0 Å². The second kappa shape index (κ2) is 8.08. The molecule has 0 aliphatic carbocycles. The average Bonchev–Trinajstić information content (AvgIpc) is 2.45. The lowest BCUT2D eigenvalue weighted by molar-refractivity contribution is 0.726. The van der Waals surface area contributed by atoms with Gasteiger partial charge in [0.25, 0.3) is 0 Å². The fourth-order valence-electron chi connectivity index (χ4n) is 1.77. The van der Waals surface area contributed by atoms with Gasteiger partial charge >= 0.3 is 0 Å². The largest absolute Gasteiger partial charge is 0.313 e. The van der Waals surface area contributed by atoms with Gasteiger partial charge in [-0.15, -0.1) is 11.8 Å². The minimum atomic E-state index is 0.815. The van der Waals surface area contributed by atoms with Gasteiger partial charge in [0.1, 0.15) is 0 Å². The highest BCUT2D eigenvalue weighted by atomic mass is 79.9. The van der Waals surface area contributed by atoms with Crippen LogP contribution in [0.2, 0.25) is 5.02 Å². The highest BCUT2D eigenvalue weighted by Crippen LogP contribution is 2.28. The van der Waals surface area contributed by atoms with E-state index >= 15 is 0 Å². The molecule has 2 rings (SSSR count). The molecule has 20 heavy (non-hydrogen) atoms. The molecule has 0 bridgehead atoms. The summed E-state index contributed by atoms with van der Waals surface area (Å²) in [7, 11) is 0. The molecule has 106 valence electrons. The van der Waals surface area contributed by atoms with Crippen molar-refractivity contribution >= 4 is 39.3 Å². The molecule has 0 heterocycles. The molecule has 0 amide bonds. The molecule has 0 aliphatic rings. The third kappa shape index (κ3) is 4.81. The van der Waals surface area contributed by atoms with E-state index in [1.54, 1.807) is 11.8 Å². The maximum atomic E-state index is 6.23. The first-order valence-corrected chi connectivity index (χ1v) is 8.71. The van der Waals surface area contributed by atoms with Crippen molar-refractivity contribution in [1.82, 2.24) is 5.32 Å². The summed E-state index contributed by atoms with van der Waals surface area (Å²) in [5.74, 6) is 0.888. The molecule has 1 nitrogen and oxygen atoms in total. The SMILES string of the molecule is CCNCc1ccc(SCc2ccc(Br)cc2Cl)cc1. The van der Waals surface area contributed by atoms with E-state index < -0.39 is 0 Å². The summed E-state index contributed by atoms with van der Waals surface area (Å²) in [6.07, 6.45) is 0. The number of halogens is 2. The summed E-state index contributed by atoms with van der Waals surface area (Å²) in [5, 5.41) is 4.14. The van der Waals surface area contributed by atoms with Gasteiger partial charge in [-0.25, -0.2) is 0 Å². The van der Waals surface area contributed by atoms with Crippen molar-refractivity contribution in [1.29, 1.82) is 0 Å². The van der Waals surface area contributed by atoms with Crippen LogP contribution >= 0.6 is 39.3 Å². The van der Waals surface area contributed by atoms with E-state index in [4.69, 9.17) is 11.6 Å². The Bertz CT molecular complexity index is 557. The smallest absolute Gasteiger partial charge is 0.0457 e. The summed E-state index contributed by atoms with van der Waals surface area (Å²) < 4.78 is 1.02. The number of thioether (sulfide) groups is 1. The summed E-state index contributed by atoms with van der Waals surface area (Å²) in [4.78, 5) is 1.27. The molecular formula is C16H17BrClNS. The molecule has 0 atom stereocenters. The monoisotopic (exact) mass is 369 g/mol. The van der Waals surface area contributed by atoms with Gasteiger partial charge in [0.2, 0.25) is 0 Å². The van der Waals surface area contributed by atoms with E-state index in [9.17, 15) is 0 Å². The van der Waals surface area contributed by atoms with Crippen molar-refractivity contribution in [2.75, 3.05) is 6.54 Å². The van der Waals surface area contributed by atoms with Gasteiger partial charge in [0.05, 0.1) is 0 Å². The molecule has 4 heteroatoms. The van der Waals surface area contributed by atoms with Gasteiger partial charge in [-0.05, 0) is 41.9 Å². The number of benzene rings is 2. The lowest BCUT2D eigenvalue weighted by atomic mass is 10.2. The van der Waals surface area contributed by atoms with Gasteiger partial charge in [-0.2, -0.15) is 0 Å². The van der Waals surface area contributed by atoms with Crippen LogP contribution in [0.25, 0.3) is 0 Å². The van der Waals surface area contributed by atoms with Crippen molar-refractivity contribution < 1.29 is 0 Å². The molecule has 2 aromatic rings. The first-order valence-electron chi connectivity index (χ1n) is 6.55. The van der Waals surface area contributed by atoms with E-state index in [-0.39, 0.29) is 0 Å². The summed E-state index contributed by atoms with van der Waals surface area (Å²) in [5.41, 5.74) is 2.48. The fourth-order valence-corrected chi connectivity index (χ4v) is 3.49. The van der Waals surface area contributed by atoms with Crippen LogP contribution in [0, 0.1) is 0 Å². The topological polar surface area (TPSA) is 12.0 Å². The number of hydrogen-bond donors (Lipinski definition) is 1. The van der Waals surface area contributed by atoms with Crippen molar-refractivity contribution in [3.63, 3.8) is 0 Å². The summed E-state index contributed by atoms with van der Waals surface area (Å²) in [6.45, 7) is 4.05. The lowest BCUT2D eigenvalue weighted by Gasteiger charge is -2.06. The molecule has 0 saturated carbocycles. The minimum absolute atomic E-state index is 0.815. The van der Waals surface area contributed by atoms with Crippen LogP contribution in [0.3, 0.4) is 0 Å². The highest BCUT2D eigenvalue weighted by molar-refractivity contribution is 9.10. The Labute approximate surface area is 138 Å². The van der Waals surface area contributed by atoms with Gasteiger partial charge < -0.3 is 5.32 Å². The average molecular weight is 371 g/mol. The zero-order valence-corrected chi connectivity index (χ0v) is 14.5. The molecule has 0 saturated heterocycles. The molecule has 0 unspecified atom stereocenters. The van der Waals surface area contributed by atoms with Crippen LogP contribution in [0.15, 0.2) is 51.8 Å². The number of nitrogens with one attached hydrogen (secondary N) is 1. The minimum Gasteiger partial charge on any atom is -0.313 e. The quantitative estimate of drug-likeness (QED) is 0.673. The predicted octanol–water partition coefficient (Wildman–Crippen LogP) is 5.50. The Morgan fingerprint density at radius 1 is 1.15 bits per heavy atom. The molecular weight excluding hydrogens is 354 g/mol. The lowest BCUT2D eigenvalue weighted by Crippen LogP contribution is -2.11. The molecule has 2 aromatic carbocycles. The zero-order chi connectivity index (χ0) is 14.4. The van der Waals surface area contributed by atoms with E-state index in [0.29, 0.717) is 0 Å².